The van der Waals surface area contributed by atoms with E-state index in [9.17, 15) is 18.0 Å². The van der Waals surface area contributed by atoms with Crippen LogP contribution in [0.15, 0.2) is 76.5 Å². The highest BCUT2D eigenvalue weighted by atomic mass is 35.5. The number of benzene rings is 3. The number of nitrogens with zero attached hydrogens (tertiary/aromatic N) is 1. The van der Waals surface area contributed by atoms with E-state index in [2.05, 4.69) is 0 Å². The van der Waals surface area contributed by atoms with E-state index in [0.717, 1.165) is 16.7 Å². The van der Waals surface area contributed by atoms with Crippen LogP contribution in [0.4, 0.5) is 4.79 Å². The Labute approximate surface area is 227 Å². The molecule has 1 aliphatic rings. The maximum absolute atomic E-state index is 12.8. The summed E-state index contributed by atoms with van der Waals surface area (Å²) in [5, 5.41) is -0.0367. The molecule has 1 aliphatic heterocycles. The topological polar surface area (TPSA) is 99.2 Å². The number of thioether (sulfide) groups is 1. The van der Waals surface area contributed by atoms with E-state index in [1.807, 2.05) is 0 Å². The summed E-state index contributed by atoms with van der Waals surface area (Å²) >= 11 is 12.8. The van der Waals surface area contributed by atoms with Gasteiger partial charge in [-0.05, 0) is 71.9 Å². The number of rotatable bonds is 9. The molecular weight excluding hydrogens is 561 g/mol. The van der Waals surface area contributed by atoms with Crippen LogP contribution in [0.2, 0.25) is 10.0 Å². The Kier molecular flexibility index (Phi) is 8.33. The van der Waals surface area contributed by atoms with Crippen molar-refractivity contribution in [2.24, 2.45) is 0 Å². The molecule has 12 heteroatoms. The molecule has 2 amide bonds. The smallest absolute Gasteiger partial charge is 0.339 e. The van der Waals surface area contributed by atoms with Gasteiger partial charge in [-0.1, -0.05) is 41.4 Å². The largest absolute Gasteiger partial charge is 0.493 e. The van der Waals surface area contributed by atoms with Crippen LogP contribution in [-0.4, -0.2) is 44.7 Å². The zero-order valence-electron chi connectivity index (χ0n) is 19.2. The molecule has 0 saturated carbocycles. The molecule has 37 heavy (non-hydrogen) atoms. The number of ether oxygens (including phenoxy) is 2. The minimum Gasteiger partial charge on any atom is -0.493 e. The standard InChI is InChI=1S/C25H19Cl2NO7S2/c1-33-21-4-2-3-5-22(21)34-13-12-28-24(29)23(36-25(28)30)15-16-6-11-20(19(27)14-16)35-37(31,32)18-9-7-17(26)8-10-18/h2-11,14-15H,12-13H2,1H3/b23-15-. The zero-order valence-corrected chi connectivity index (χ0v) is 22.4. The van der Waals surface area contributed by atoms with E-state index in [1.165, 1.54) is 55.7 Å². The Hall–Kier alpha value is -3.18. The number of carbonyl (C=O) groups is 2. The fourth-order valence-corrected chi connectivity index (χ4v) is 5.48. The second-order valence-corrected chi connectivity index (χ2v) is 10.9. The summed E-state index contributed by atoms with van der Waals surface area (Å²) in [5.41, 5.74) is 0.483. The molecule has 0 atom stereocenters. The highest BCUT2D eigenvalue weighted by Crippen LogP contribution is 2.34. The maximum Gasteiger partial charge on any atom is 0.339 e. The molecule has 0 aromatic heterocycles. The number of hydrogen-bond acceptors (Lipinski definition) is 8. The van der Waals surface area contributed by atoms with Crippen molar-refractivity contribution in [1.82, 2.24) is 4.90 Å². The summed E-state index contributed by atoms with van der Waals surface area (Å²) in [6.07, 6.45) is 1.50. The van der Waals surface area contributed by atoms with Crippen molar-refractivity contribution >= 4 is 62.3 Å². The van der Waals surface area contributed by atoms with Crippen molar-refractivity contribution in [2.75, 3.05) is 20.3 Å². The van der Waals surface area contributed by atoms with Gasteiger partial charge in [-0.3, -0.25) is 14.5 Å². The predicted octanol–water partition coefficient (Wildman–Crippen LogP) is 5.89. The predicted molar refractivity (Wildman–Crippen MR) is 142 cm³/mol. The minimum absolute atomic E-state index is 0.00993. The van der Waals surface area contributed by atoms with Crippen LogP contribution in [0, 0.1) is 0 Å². The van der Waals surface area contributed by atoms with Gasteiger partial charge < -0.3 is 13.7 Å². The number of imide groups is 1. The first-order valence-electron chi connectivity index (χ1n) is 10.7. The lowest BCUT2D eigenvalue weighted by Gasteiger charge is -2.14. The first-order chi connectivity index (χ1) is 17.7. The summed E-state index contributed by atoms with van der Waals surface area (Å²) in [6, 6.07) is 16.9. The SMILES string of the molecule is COc1ccccc1OCCN1C(=O)S/C(=C\c2ccc(OS(=O)(=O)c3ccc(Cl)cc3)c(Cl)c2)C1=O. The molecule has 8 nitrogen and oxygen atoms in total. The summed E-state index contributed by atoms with van der Waals surface area (Å²) in [6.45, 7) is 0.141. The third-order valence-electron chi connectivity index (χ3n) is 5.07. The molecule has 3 aromatic carbocycles. The van der Waals surface area contributed by atoms with Crippen LogP contribution in [-0.2, 0) is 14.9 Å². The molecule has 1 fully saturated rings. The molecule has 1 heterocycles. The van der Waals surface area contributed by atoms with Gasteiger partial charge in [0.25, 0.3) is 11.1 Å². The number of amides is 2. The van der Waals surface area contributed by atoms with Gasteiger partial charge in [0.05, 0.1) is 23.6 Å². The first kappa shape index (κ1) is 26.9. The Bertz CT molecular complexity index is 1470. The maximum atomic E-state index is 12.8. The van der Waals surface area contributed by atoms with Gasteiger partial charge in [0, 0.05) is 5.02 Å². The number of para-hydroxylation sites is 2. The van der Waals surface area contributed by atoms with Crippen LogP contribution < -0.4 is 13.7 Å². The summed E-state index contributed by atoms with van der Waals surface area (Å²) in [4.78, 5) is 26.4. The van der Waals surface area contributed by atoms with Crippen LogP contribution >= 0.6 is 35.0 Å². The van der Waals surface area contributed by atoms with Gasteiger partial charge in [0.1, 0.15) is 11.5 Å². The lowest BCUT2D eigenvalue weighted by Crippen LogP contribution is -2.32. The van der Waals surface area contributed by atoms with Crippen LogP contribution in [0.1, 0.15) is 5.56 Å². The highest BCUT2D eigenvalue weighted by Gasteiger charge is 2.35. The summed E-state index contributed by atoms with van der Waals surface area (Å²) in [5.74, 6) is 0.486. The Morgan fingerprint density at radius 1 is 0.946 bits per heavy atom. The monoisotopic (exact) mass is 579 g/mol. The van der Waals surface area contributed by atoms with Crippen LogP contribution in [0.3, 0.4) is 0 Å². The van der Waals surface area contributed by atoms with E-state index >= 15 is 0 Å². The van der Waals surface area contributed by atoms with E-state index in [-0.39, 0.29) is 33.7 Å². The Balaban J connectivity index is 1.42. The molecule has 0 radical (unpaired) electrons. The quantitative estimate of drug-likeness (QED) is 0.229. The van der Waals surface area contributed by atoms with Crippen molar-refractivity contribution in [3.8, 4) is 17.2 Å². The van der Waals surface area contributed by atoms with Gasteiger partial charge in [-0.25, -0.2) is 0 Å². The molecule has 4 rings (SSSR count). The van der Waals surface area contributed by atoms with Crippen LogP contribution in [0.5, 0.6) is 17.2 Å². The third-order valence-corrected chi connectivity index (χ3v) is 7.77. The first-order valence-corrected chi connectivity index (χ1v) is 13.7. The molecule has 0 aliphatic carbocycles. The Morgan fingerprint density at radius 3 is 2.32 bits per heavy atom. The minimum atomic E-state index is -4.13. The second kappa shape index (κ2) is 11.5. The third kappa shape index (κ3) is 6.40. The summed E-state index contributed by atoms with van der Waals surface area (Å²) in [7, 11) is -2.61. The van der Waals surface area contributed by atoms with Crippen molar-refractivity contribution in [1.29, 1.82) is 0 Å². The van der Waals surface area contributed by atoms with Crippen molar-refractivity contribution < 1.29 is 31.7 Å². The molecular formula is C25H19Cl2NO7S2. The van der Waals surface area contributed by atoms with Crippen molar-refractivity contribution in [2.45, 2.75) is 4.90 Å². The lowest BCUT2D eigenvalue weighted by molar-refractivity contribution is -0.123. The van der Waals surface area contributed by atoms with E-state index in [4.69, 9.17) is 36.9 Å². The van der Waals surface area contributed by atoms with E-state index < -0.39 is 21.3 Å². The number of halogens is 2. The normalized spacial score (nSPS) is 14.8. The lowest BCUT2D eigenvalue weighted by atomic mass is 10.2. The van der Waals surface area contributed by atoms with Crippen LogP contribution in [0.25, 0.3) is 6.08 Å². The average Bonchev–Trinajstić information content (AvgIpc) is 3.13. The molecule has 192 valence electrons. The fourth-order valence-electron chi connectivity index (χ4n) is 3.27. The Morgan fingerprint density at radius 2 is 1.65 bits per heavy atom. The van der Waals surface area contributed by atoms with Gasteiger partial charge in [-0.2, -0.15) is 8.42 Å². The van der Waals surface area contributed by atoms with Gasteiger partial charge in [0.15, 0.2) is 17.2 Å². The van der Waals surface area contributed by atoms with Crippen molar-refractivity contribution in [3.63, 3.8) is 0 Å². The molecule has 0 bridgehead atoms. The number of hydrogen-bond donors (Lipinski definition) is 0. The highest BCUT2D eigenvalue weighted by molar-refractivity contribution is 8.18. The molecule has 0 unspecified atom stereocenters. The van der Waals surface area contributed by atoms with E-state index in [0.29, 0.717) is 22.1 Å². The van der Waals surface area contributed by atoms with Gasteiger partial charge >= 0.3 is 10.1 Å². The van der Waals surface area contributed by atoms with Gasteiger partial charge in [-0.15, -0.1) is 0 Å². The molecule has 0 spiro atoms. The molecule has 3 aromatic rings. The zero-order chi connectivity index (χ0) is 26.6. The number of methoxy groups -OCH3 is 1. The van der Waals surface area contributed by atoms with E-state index in [1.54, 1.807) is 24.3 Å². The van der Waals surface area contributed by atoms with Crippen molar-refractivity contribution in [3.05, 3.63) is 87.2 Å². The second-order valence-electron chi connectivity index (χ2n) is 7.51. The molecule has 1 saturated heterocycles. The molecule has 0 N–H and O–H groups in total. The number of carbonyl (C=O) groups excluding carboxylic acids is 2. The summed E-state index contributed by atoms with van der Waals surface area (Å²) < 4.78 is 41.1. The average molecular weight is 580 g/mol. The fraction of sp³-hybridized carbons (Fsp3) is 0.120. The van der Waals surface area contributed by atoms with Gasteiger partial charge in [0.2, 0.25) is 0 Å².